The van der Waals surface area contributed by atoms with Gasteiger partial charge in [-0.05, 0) is 39.4 Å². The van der Waals surface area contributed by atoms with Crippen LogP contribution in [0.5, 0.6) is 5.75 Å². The highest BCUT2D eigenvalue weighted by Gasteiger charge is 2.16. The molecule has 4 aromatic rings. The molecule has 1 amide bonds. The van der Waals surface area contributed by atoms with E-state index in [4.69, 9.17) is 4.74 Å². The molecule has 0 fully saturated rings. The Labute approximate surface area is 187 Å². The number of rotatable bonds is 5. The van der Waals surface area contributed by atoms with Gasteiger partial charge in [-0.2, -0.15) is 10.2 Å². The quantitative estimate of drug-likeness (QED) is 0.336. The predicted molar refractivity (Wildman–Crippen MR) is 128 cm³/mol. The molecule has 3 aromatic carbocycles. The summed E-state index contributed by atoms with van der Waals surface area (Å²) in [5, 5.41) is 13.3. The lowest BCUT2D eigenvalue weighted by molar-refractivity contribution is 0.0950. The molecule has 0 aliphatic rings. The smallest absolute Gasteiger partial charge is 0.289 e. The van der Waals surface area contributed by atoms with Gasteiger partial charge in [0.05, 0.1) is 24.6 Å². The Morgan fingerprint density at radius 2 is 1.81 bits per heavy atom. The third-order valence-electron chi connectivity index (χ3n) is 5.35. The highest BCUT2D eigenvalue weighted by Crippen LogP contribution is 2.36. The average Bonchev–Trinajstić information content (AvgIpc) is 3.28. The molecule has 0 aliphatic heterocycles. The van der Waals surface area contributed by atoms with Crippen molar-refractivity contribution in [3.8, 4) is 17.0 Å². The van der Waals surface area contributed by atoms with E-state index in [2.05, 4.69) is 53.6 Å². The predicted octanol–water partition coefficient (Wildman–Crippen LogP) is 5.30. The zero-order valence-corrected chi connectivity index (χ0v) is 18.6. The van der Waals surface area contributed by atoms with E-state index >= 15 is 0 Å². The fraction of sp³-hybridized carbons (Fsp3) is 0.192. The van der Waals surface area contributed by atoms with Crippen molar-refractivity contribution in [2.24, 2.45) is 5.10 Å². The van der Waals surface area contributed by atoms with Crippen LogP contribution in [0.15, 0.2) is 71.8 Å². The summed E-state index contributed by atoms with van der Waals surface area (Å²) in [4.78, 5) is 12.6. The first-order chi connectivity index (χ1) is 15.4. The summed E-state index contributed by atoms with van der Waals surface area (Å²) in [6.07, 6.45) is 1.62. The lowest BCUT2D eigenvalue weighted by atomic mass is 9.87. The molecule has 0 atom stereocenters. The monoisotopic (exact) mass is 426 g/mol. The molecule has 6 heteroatoms. The van der Waals surface area contributed by atoms with Crippen molar-refractivity contribution < 1.29 is 9.53 Å². The molecular weight excluding hydrogens is 400 g/mol. The maximum Gasteiger partial charge on any atom is 0.289 e. The largest absolute Gasteiger partial charge is 0.496 e. The van der Waals surface area contributed by atoms with Crippen molar-refractivity contribution in [2.75, 3.05) is 7.11 Å². The third-order valence-corrected chi connectivity index (χ3v) is 5.35. The number of amides is 1. The van der Waals surface area contributed by atoms with Crippen molar-refractivity contribution in [2.45, 2.75) is 26.2 Å². The van der Waals surface area contributed by atoms with Gasteiger partial charge < -0.3 is 4.74 Å². The van der Waals surface area contributed by atoms with Crippen LogP contribution in [0, 0.1) is 0 Å². The van der Waals surface area contributed by atoms with Gasteiger partial charge in [0.1, 0.15) is 11.4 Å². The van der Waals surface area contributed by atoms with Gasteiger partial charge in [-0.1, -0.05) is 75.4 Å². The second-order valence-electron chi connectivity index (χ2n) is 8.60. The Bertz CT molecular complexity index is 1280. The normalized spacial score (nSPS) is 11.8. The number of hydrogen-bond acceptors (Lipinski definition) is 4. The molecule has 0 unspecified atom stereocenters. The van der Waals surface area contributed by atoms with Crippen LogP contribution in [-0.2, 0) is 5.41 Å². The van der Waals surface area contributed by atoms with E-state index in [1.54, 1.807) is 19.4 Å². The number of nitrogens with zero attached hydrogens (tertiary/aromatic N) is 2. The van der Waals surface area contributed by atoms with Gasteiger partial charge in [-0.25, -0.2) is 5.43 Å². The van der Waals surface area contributed by atoms with Crippen LogP contribution in [0.1, 0.15) is 42.4 Å². The molecule has 1 aromatic heterocycles. The summed E-state index contributed by atoms with van der Waals surface area (Å²) >= 11 is 0. The van der Waals surface area contributed by atoms with Gasteiger partial charge in [-0.15, -0.1) is 0 Å². The van der Waals surface area contributed by atoms with E-state index in [-0.39, 0.29) is 11.3 Å². The molecule has 2 N–H and O–H groups in total. The second kappa shape index (κ2) is 8.67. The molecule has 0 aliphatic carbocycles. The van der Waals surface area contributed by atoms with E-state index in [0.717, 1.165) is 21.9 Å². The zero-order valence-electron chi connectivity index (χ0n) is 18.6. The fourth-order valence-corrected chi connectivity index (χ4v) is 3.55. The van der Waals surface area contributed by atoms with Crippen molar-refractivity contribution in [1.82, 2.24) is 15.6 Å². The first-order valence-corrected chi connectivity index (χ1v) is 10.4. The summed E-state index contributed by atoms with van der Waals surface area (Å²) < 4.78 is 5.54. The lowest BCUT2D eigenvalue weighted by Crippen LogP contribution is -2.18. The lowest BCUT2D eigenvalue weighted by Gasteiger charge is -2.18. The van der Waals surface area contributed by atoms with Crippen molar-refractivity contribution in [3.05, 3.63) is 83.6 Å². The molecule has 0 spiro atoms. The van der Waals surface area contributed by atoms with E-state index in [1.807, 2.05) is 48.5 Å². The Hall–Kier alpha value is -3.93. The molecule has 0 radical (unpaired) electrons. The number of ether oxygens (including phenoxy) is 1. The molecule has 4 rings (SSSR count). The van der Waals surface area contributed by atoms with Crippen molar-refractivity contribution in [3.63, 3.8) is 0 Å². The van der Waals surface area contributed by atoms with Crippen LogP contribution in [0.2, 0.25) is 0 Å². The topological polar surface area (TPSA) is 79.4 Å². The number of aromatic nitrogens is 2. The molecular formula is C26H26N4O2. The number of carbonyl (C=O) groups excluding carboxylic acids is 1. The highest BCUT2D eigenvalue weighted by molar-refractivity contribution is 6.00. The van der Waals surface area contributed by atoms with E-state index in [9.17, 15) is 4.79 Å². The minimum absolute atomic E-state index is 0.0922. The standard InChI is InChI=1S/C26H26N4O2/c1-26(2,3)19-12-9-17(10-13-19)16-27-30-25(31)22-15-21(28-29-22)24-20-8-6-5-7-18(20)11-14-23(24)32-4/h5-16H,1-4H3,(H,28,29)(H,30,31). The number of hydrogen-bond donors (Lipinski definition) is 2. The fourth-order valence-electron chi connectivity index (χ4n) is 3.55. The Kier molecular flexibility index (Phi) is 5.77. The first kappa shape index (κ1) is 21.3. The summed E-state index contributed by atoms with van der Waals surface area (Å²) in [5.41, 5.74) is 6.57. The van der Waals surface area contributed by atoms with Gasteiger partial charge in [0.15, 0.2) is 0 Å². The number of hydrazone groups is 1. The number of methoxy groups -OCH3 is 1. The number of nitrogens with one attached hydrogen (secondary N) is 2. The molecule has 0 saturated heterocycles. The zero-order chi connectivity index (χ0) is 22.7. The van der Waals surface area contributed by atoms with Gasteiger partial charge in [-0.3, -0.25) is 9.89 Å². The van der Waals surface area contributed by atoms with Crippen LogP contribution in [0.25, 0.3) is 22.0 Å². The molecule has 32 heavy (non-hydrogen) atoms. The van der Waals surface area contributed by atoms with E-state index < -0.39 is 0 Å². The van der Waals surface area contributed by atoms with Crippen LogP contribution >= 0.6 is 0 Å². The van der Waals surface area contributed by atoms with Gasteiger partial charge in [0, 0.05) is 0 Å². The molecule has 1 heterocycles. The maximum absolute atomic E-state index is 12.6. The summed E-state index contributed by atoms with van der Waals surface area (Å²) in [5.74, 6) is 0.324. The van der Waals surface area contributed by atoms with Crippen LogP contribution in [0.4, 0.5) is 0 Å². The SMILES string of the molecule is COc1ccc2ccccc2c1-c1cc(C(=O)NN=Cc2ccc(C(C)(C)C)cc2)[nH]n1. The summed E-state index contributed by atoms with van der Waals surface area (Å²) in [6.45, 7) is 6.51. The third kappa shape index (κ3) is 4.39. The number of aromatic amines is 1. The maximum atomic E-state index is 12.6. The van der Waals surface area contributed by atoms with E-state index in [1.165, 1.54) is 5.56 Å². The van der Waals surface area contributed by atoms with Gasteiger partial charge >= 0.3 is 0 Å². The number of H-pyrrole nitrogens is 1. The number of fused-ring (bicyclic) bond motifs is 1. The Balaban J connectivity index is 1.51. The number of benzene rings is 3. The molecule has 0 saturated carbocycles. The van der Waals surface area contributed by atoms with E-state index in [0.29, 0.717) is 17.1 Å². The Morgan fingerprint density at radius 1 is 1.06 bits per heavy atom. The Morgan fingerprint density at radius 3 is 2.53 bits per heavy atom. The van der Waals surface area contributed by atoms with Crippen molar-refractivity contribution in [1.29, 1.82) is 0 Å². The van der Waals surface area contributed by atoms with Crippen molar-refractivity contribution >= 4 is 22.9 Å². The first-order valence-electron chi connectivity index (χ1n) is 10.4. The minimum atomic E-state index is -0.370. The van der Waals surface area contributed by atoms with Gasteiger partial charge in [0.25, 0.3) is 5.91 Å². The van der Waals surface area contributed by atoms with Crippen LogP contribution in [-0.4, -0.2) is 29.4 Å². The summed E-state index contributed by atoms with van der Waals surface area (Å²) in [6, 6.07) is 21.7. The number of carbonyl (C=O) groups is 1. The molecule has 162 valence electrons. The highest BCUT2D eigenvalue weighted by atomic mass is 16.5. The second-order valence-corrected chi connectivity index (χ2v) is 8.60. The van der Waals surface area contributed by atoms with Gasteiger partial charge in [0.2, 0.25) is 0 Å². The summed E-state index contributed by atoms with van der Waals surface area (Å²) in [7, 11) is 1.62. The van der Waals surface area contributed by atoms with Crippen LogP contribution in [0.3, 0.4) is 0 Å². The average molecular weight is 427 g/mol. The minimum Gasteiger partial charge on any atom is -0.496 e. The molecule has 6 nitrogen and oxygen atoms in total. The van der Waals surface area contributed by atoms with Crippen LogP contribution < -0.4 is 10.2 Å². The molecule has 0 bridgehead atoms.